The molecule has 0 radical (unpaired) electrons. The summed E-state index contributed by atoms with van der Waals surface area (Å²) in [6.45, 7) is 4.16. The summed E-state index contributed by atoms with van der Waals surface area (Å²) in [5.74, 6) is -0.153. The van der Waals surface area contributed by atoms with E-state index in [-0.39, 0.29) is 23.1 Å². The van der Waals surface area contributed by atoms with Gasteiger partial charge in [-0.25, -0.2) is 13.1 Å². The first-order valence-corrected chi connectivity index (χ1v) is 13.5. The predicted octanol–water partition coefficient (Wildman–Crippen LogP) is 1.84. The van der Waals surface area contributed by atoms with Crippen molar-refractivity contribution in [3.8, 4) is 0 Å². The van der Waals surface area contributed by atoms with Gasteiger partial charge in [0.1, 0.15) is 10.9 Å². The number of benzene rings is 2. The van der Waals surface area contributed by atoms with Gasteiger partial charge in [0.15, 0.2) is 5.84 Å². The van der Waals surface area contributed by atoms with Crippen molar-refractivity contribution in [3.05, 3.63) is 72.3 Å². The van der Waals surface area contributed by atoms with E-state index in [0.717, 1.165) is 6.42 Å². The average molecular weight is 489 g/mol. The van der Waals surface area contributed by atoms with E-state index >= 15 is 0 Å². The van der Waals surface area contributed by atoms with Gasteiger partial charge in [0.2, 0.25) is 15.9 Å². The maximum absolute atomic E-state index is 13.0. The molecule has 0 spiro atoms. The van der Waals surface area contributed by atoms with Gasteiger partial charge in [0.05, 0.1) is 5.75 Å². The van der Waals surface area contributed by atoms with Gasteiger partial charge in [-0.15, -0.1) is 11.0 Å². The number of rotatable bonds is 7. The molecule has 0 saturated carbocycles. The van der Waals surface area contributed by atoms with E-state index in [1.165, 1.54) is 12.1 Å². The highest BCUT2D eigenvalue weighted by atomic mass is 32.2. The van der Waals surface area contributed by atoms with Gasteiger partial charge in [-0.2, -0.15) is 8.42 Å². The Morgan fingerprint density at radius 1 is 1.18 bits per heavy atom. The molecule has 2 heterocycles. The van der Waals surface area contributed by atoms with Crippen molar-refractivity contribution >= 4 is 37.5 Å². The molecule has 0 bridgehead atoms. The molecule has 174 valence electrons. The number of sulfonamides is 2. The molecule has 1 atom stereocenters. The summed E-state index contributed by atoms with van der Waals surface area (Å²) in [7, 11) is -7.25. The Kier molecular flexibility index (Phi) is 6.37. The van der Waals surface area contributed by atoms with Crippen LogP contribution < -0.4 is 10.0 Å². The lowest BCUT2D eigenvalue weighted by Gasteiger charge is -2.25. The molecule has 0 unspecified atom stereocenters. The minimum Gasteiger partial charge on any atom is -0.343 e. The molecule has 1 saturated heterocycles. The molecular formula is C22H24N4O5S2. The summed E-state index contributed by atoms with van der Waals surface area (Å²) in [6, 6.07) is 12.6. The highest BCUT2D eigenvalue weighted by Gasteiger charge is 2.39. The molecule has 2 aromatic carbocycles. The summed E-state index contributed by atoms with van der Waals surface area (Å²) < 4.78 is 55.2. The second-order valence-corrected chi connectivity index (χ2v) is 11.2. The molecule has 4 rings (SSSR count). The van der Waals surface area contributed by atoms with E-state index in [2.05, 4.69) is 21.0 Å². The molecule has 9 nitrogen and oxygen atoms in total. The number of likely N-dealkylation sites (tertiary alicyclic amines) is 1. The fraction of sp³-hybridized carbons (Fsp3) is 0.273. The van der Waals surface area contributed by atoms with Crippen molar-refractivity contribution in [2.24, 2.45) is 4.40 Å². The summed E-state index contributed by atoms with van der Waals surface area (Å²) >= 11 is 0. The van der Waals surface area contributed by atoms with Gasteiger partial charge < -0.3 is 10.2 Å². The summed E-state index contributed by atoms with van der Waals surface area (Å²) in [5.41, 5.74) is 1.61. The van der Waals surface area contributed by atoms with Gasteiger partial charge >= 0.3 is 0 Å². The Morgan fingerprint density at radius 2 is 1.91 bits per heavy atom. The number of nitrogens with one attached hydrogen (secondary N) is 2. The molecule has 1 fully saturated rings. The van der Waals surface area contributed by atoms with Crippen LogP contribution in [-0.2, 0) is 30.6 Å². The summed E-state index contributed by atoms with van der Waals surface area (Å²) in [4.78, 5) is 14.9. The van der Waals surface area contributed by atoms with Gasteiger partial charge in [-0.1, -0.05) is 30.3 Å². The molecule has 0 aliphatic carbocycles. The van der Waals surface area contributed by atoms with E-state index in [4.69, 9.17) is 0 Å². The molecule has 2 aliphatic heterocycles. The lowest BCUT2D eigenvalue weighted by Crippen LogP contribution is -2.43. The topological polar surface area (TPSA) is 125 Å². The van der Waals surface area contributed by atoms with Crippen molar-refractivity contribution in [1.82, 2.24) is 9.62 Å². The van der Waals surface area contributed by atoms with Crippen molar-refractivity contribution < 1.29 is 21.6 Å². The van der Waals surface area contributed by atoms with Crippen LogP contribution in [0.3, 0.4) is 0 Å². The minimum atomic E-state index is -3.77. The van der Waals surface area contributed by atoms with Gasteiger partial charge in [-0.05, 0) is 42.7 Å². The second-order valence-electron chi connectivity index (χ2n) is 7.82. The molecule has 11 heteroatoms. The zero-order valence-corrected chi connectivity index (χ0v) is 19.4. The van der Waals surface area contributed by atoms with Crippen LogP contribution in [0.4, 0.5) is 5.69 Å². The standard InChI is InChI=1S/C22H24N4O5S2/c1-2-13-23-32(28,29)15-16-9-11-17(12-10-16)24-22(27)19-7-5-14-26(19)21-18-6-3-4-8-20(18)33(30,31)25-21/h2-4,6,8-12,19,23H,1,5,7,13-15H2,(H,24,27)/t19-/m0/s1. The first kappa shape index (κ1) is 23.1. The Labute approximate surface area is 193 Å². The average Bonchev–Trinajstić information content (AvgIpc) is 3.36. The van der Waals surface area contributed by atoms with E-state index < -0.39 is 26.1 Å². The largest absolute Gasteiger partial charge is 0.343 e. The third-order valence-electron chi connectivity index (χ3n) is 5.47. The van der Waals surface area contributed by atoms with Gasteiger partial charge in [-0.3, -0.25) is 4.79 Å². The Bertz CT molecular complexity index is 1320. The number of amides is 1. The number of nitrogens with zero attached hydrogens (tertiary/aromatic N) is 2. The Hall–Kier alpha value is -3.02. The Balaban J connectivity index is 1.46. The number of fused-ring (bicyclic) bond motifs is 1. The smallest absolute Gasteiger partial charge is 0.285 e. The molecule has 2 aliphatic rings. The quantitative estimate of drug-likeness (QED) is 0.573. The summed E-state index contributed by atoms with van der Waals surface area (Å²) in [5, 5.41) is 2.84. The fourth-order valence-corrected chi connectivity index (χ4v) is 6.28. The highest BCUT2D eigenvalue weighted by molar-refractivity contribution is 7.90. The SMILES string of the molecule is C=CCNS(=O)(=O)Cc1ccc(NC(=O)[C@@H]2CCCN2C2=NS(=O)(=O)c3ccccc32)cc1. The number of carbonyl (C=O) groups excluding carboxylic acids is 1. The molecule has 1 amide bonds. The molecular weight excluding hydrogens is 464 g/mol. The first-order chi connectivity index (χ1) is 15.7. The highest BCUT2D eigenvalue weighted by Crippen LogP contribution is 2.31. The zero-order chi connectivity index (χ0) is 23.6. The number of amidine groups is 1. The number of carbonyl (C=O) groups is 1. The molecule has 2 N–H and O–H groups in total. The van der Waals surface area contributed by atoms with Crippen LogP contribution in [-0.4, -0.2) is 52.6 Å². The van der Waals surface area contributed by atoms with Crippen LogP contribution in [0.2, 0.25) is 0 Å². The first-order valence-electron chi connectivity index (χ1n) is 10.4. The van der Waals surface area contributed by atoms with Crippen LogP contribution >= 0.6 is 0 Å². The monoisotopic (exact) mass is 488 g/mol. The van der Waals surface area contributed by atoms with Crippen molar-refractivity contribution in [1.29, 1.82) is 0 Å². The number of hydrogen-bond acceptors (Lipinski definition) is 6. The molecule has 0 aromatic heterocycles. The minimum absolute atomic E-state index is 0.152. The van der Waals surface area contributed by atoms with E-state index in [1.807, 2.05) is 0 Å². The van der Waals surface area contributed by atoms with Crippen LogP contribution in [0.5, 0.6) is 0 Å². The lowest BCUT2D eigenvalue weighted by atomic mass is 10.1. The molecule has 2 aromatic rings. The lowest BCUT2D eigenvalue weighted by molar-refractivity contribution is -0.119. The second kappa shape index (κ2) is 9.08. The van der Waals surface area contributed by atoms with Gasteiger partial charge in [0.25, 0.3) is 10.0 Å². The van der Waals surface area contributed by atoms with Crippen molar-refractivity contribution in [2.75, 3.05) is 18.4 Å². The van der Waals surface area contributed by atoms with Crippen LogP contribution in [0.15, 0.2) is 70.5 Å². The zero-order valence-electron chi connectivity index (χ0n) is 17.8. The third kappa shape index (κ3) is 5.00. The maximum Gasteiger partial charge on any atom is 0.285 e. The maximum atomic E-state index is 13.0. The predicted molar refractivity (Wildman–Crippen MR) is 126 cm³/mol. The number of anilines is 1. The molecule has 33 heavy (non-hydrogen) atoms. The van der Waals surface area contributed by atoms with Crippen LogP contribution in [0, 0.1) is 0 Å². The van der Waals surface area contributed by atoms with Crippen LogP contribution in [0.1, 0.15) is 24.0 Å². The van der Waals surface area contributed by atoms with Crippen molar-refractivity contribution in [2.45, 2.75) is 29.5 Å². The van der Waals surface area contributed by atoms with E-state index in [0.29, 0.717) is 35.6 Å². The van der Waals surface area contributed by atoms with Gasteiger partial charge in [0, 0.05) is 24.3 Å². The Morgan fingerprint density at radius 3 is 2.64 bits per heavy atom. The third-order valence-corrected chi connectivity index (χ3v) is 8.11. The summed E-state index contributed by atoms with van der Waals surface area (Å²) in [6.07, 6.45) is 2.76. The fourth-order valence-electron chi connectivity index (χ4n) is 3.95. The van der Waals surface area contributed by atoms with Crippen molar-refractivity contribution in [3.63, 3.8) is 0 Å². The van der Waals surface area contributed by atoms with Crippen LogP contribution in [0.25, 0.3) is 0 Å². The normalized spacial score (nSPS) is 19.1. The van der Waals surface area contributed by atoms with E-state index in [1.54, 1.807) is 47.4 Å². The number of hydrogen-bond donors (Lipinski definition) is 2. The van der Waals surface area contributed by atoms with E-state index in [9.17, 15) is 21.6 Å².